The van der Waals surface area contributed by atoms with Crippen LogP contribution in [0.2, 0.25) is 0 Å². The van der Waals surface area contributed by atoms with Crippen LogP contribution in [-0.4, -0.2) is 42.3 Å². The summed E-state index contributed by atoms with van der Waals surface area (Å²) in [4.78, 5) is 2.16. The van der Waals surface area contributed by atoms with Crippen LogP contribution in [0.15, 0.2) is 0 Å². The molecule has 0 fully saturated rings. The highest BCUT2D eigenvalue weighted by Gasteiger charge is 2.13. The van der Waals surface area contributed by atoms with Crippen LogP contribution < -0.4 is 5.73 Å². The summed E-state index contributed by atoms with van der Waals surface area (Å²) in [6.07, 6.45) is 0.771. The smallest absolute Gasteiger partial charge is 0.0789 e. The molecule has 0 aromatic rings. The van der Waals surface area contributed by atoms with E-state index in [1.54, 1.807) is 0 Å². The van der Waals surface area contributed by atoms with Gasteiger partial charge < -0.3 is 15.7 Å². The van der Waals surface area contributed by atoms with Gasteiger partial charge in [-0.3, -0.25) is 0 Å². The lowest BCUT2D eigenvalue weighted by molar-refractivity contribution is 0.107. The van der Waals surface area contributed by atoms with Crippen LogP contribution in [0, 0.1) is 5.92 Å². The largest absolute Gasteiger partial charge is 0.390 e. The molecule has 0 radical (unpaired) electrons. The maximum absolute atomic E-state index is 9.34. The second-order valence-electron chi connectivity index (χ2n) is 4.31. The van der Waals surface area contributed by atoms with Crippen molar-refractivity contribution >= 4 is 0 Å². The highest BCUT2D eigenvalue weighted by atomic mass is 16.3. The maximum Gasteiger partial charge on any atom is 0.0789 e. The van der Waals surface area contributed by atoms with Crippen molar-refractivity contribution < 1.29 is 5.11 Å². The van der Waals surface area contributed by atoms with Crippen LogP contribution >= 0.6 is 0 Å². The van der Waals surface area contributed by atoms with Gasteiger partial charge in [-0.2, -0.15) is 0 Å². The van der Waals surface area contributed by atoms with E-state index in [9.17, 15) is 5.11 Å². The molecule has 0 aromatic carbocycles. The van der Waals surface area contributed by atoms with Crippen LogP contribution in [0.5, 0.6) is 0 Å². The van der Waals surface area contributed by atoms with Gasteiger partial charge in [-0.15, -0.1) is 0 Å². The fourth-order valence-electron chi connectivity index (χ4n) is 1.45. The Bertz CT molecular complexity index is 128. The summed E-state index contributed by atoms with van der Waals surface area (Å²) in [5.74, 6) is 0.701. The number of hydrogen-bond donors (Lipinski definition) is 2. The number of nitrogens with zero attached hydrogens (tertiary/aromatic N) is 1. The molecule has 3 heteroatoms. The zero-order chi connectivity index (χ0) is 10.4. The van der Waals surface area contributed by atoms with Crippen LogP contribution in [0.3, 0.4) is 0 Å². The zero-order valence-corrected chi connectivity index (χ0v) is 9.33. The lowest BCUT2D eigenvalue weighted by atomic mass is 10.0. The monoisotopic (exact) mass is 188 g/mol. The minimum absolute atomic E-state index is 0.346. The Balaban J connectivity index is 3.74. The van der Waals surface area contributed by atoms with Crippen LogP contribution in [0.1, 0.15) is 27.2 Å². The van der Waals surface area contributed by atoms with Crippen LogP contribution in [-0.2, 0) is 0 Å². The first-order valence-electron chi connectivity index (χ1n) is 5.05. The molecule has 3 N–H and O–H groups in total. The van der Waals surface area contributed by atoms with E-state index in [0.29, 0.717) is 25.0 Å². The number of hydrogen-bond acceptors (Lipinski definition) is 3. The molecule has 2 unspecified atom stereocenters. The second-order valence-corrected chi connectivity index (χ2v) is 4.31. The van der Waals surface area contributed by atoms with Crippen molar-refractivity contribution in [1.82, 2.24) is 4.90 Å². The van der Waals surface area contributed by atoms with Gasteiger partial charge in [0.25, 0.3) is 0 Å². The third-order valence-corrected chi connectivity index (χ3v) is 2.34. The van der Waals surface area contributed by atoms with Gasteiger partial charge >= 0.3 is 0 Å². The third kappa shape index (κ3) is 6.02. The first-order chi connectivity index (χ1) is 5.97. The van der Waals surface area contributed by atoms with E-state index in [4.69, 9.17) is 5.73 Å². The SMILES string of the molecule is CC(C)CC(C)N(C)CC(O)CN. The molecule has 0 bridgehead atoms. The van der Waals surface area contributed by atoms with E-state index in [0.717, 1.165) is 6.42 Å². The Morgan fingerprint density at radius 1 is 1.31 bits per heavy atom. The van der Waals surface area contributed by atoms with Gasteiger partial charge in [-0.1, -0.05) is 13.8 Å². The molecule has 0 aliphatic carbocycles. The minimum Gasteiger partial charge on any atom is -0.390 e. The lowest BCUT2D eigenvalue weighted by Crippen LogP contribution is -2.39. The summed E-state index contributed by atoms with van der Waals surface area (Å²) in [6, 6.07) is 0.515. The highest BCUT2D eigenvalue weighted by Crippen LogP contribution is 2.09. The van der Waals surface area contributed by atoms with Gasteiger partial charge in [0.1, 0.15) is 0 Å². The first-order valence-corrected chi connectivity index (χ1v) is 5.05. The molecule has 0 saturated carbocycles. The Hall–Kier alpha value is -0.120. The van der Waals surface area contributed by atoms with E-state index in [1.807, 2.05) is 7.05 Å². The van der Waals surface area contributed by atoms with Crippen molar-refractivity contribution in [3.8, 4) is 0 Å². The standard InChI is InChI=1S/C10H24N2O/c1-8(2)5-9(3)12(4)7-10(13)6-11/h8-10,13H,5-7,11H2,1-4H3. The normalized spacial score (nSPS) is 16.6. The topological polar surface area (TPSA) is 49.5 Å². The summed E-state index contributed by atoms with van der Waals surface area (Å²) in [6.45, 7) is 7.62. The summed E-state index contributed by atoms with van der Waals surface area (Å²) in [7, 11) is 2.03. The van der Waals surface area contributed by atoms with Crippen molar-refractivity contribution in [1.29, 1.82) is 0 Å². The number of likely N-dealkylation sites (N-methyl/N-ethyl adjacent to an activating group) is 1. The number of aliphatic hydroxyl groups is 1. The Morgan fingerprint density at radius 3 is 2.23 bits per heavy atom. The summed E-state index contributed by atoms with van der Waals surface area (Å²) in [5, 5.41) is 9.34. The van der Waals surface area contributed by atoms with Crippen molar-refractivity contribution in [2.24, 2.45) is 11.7 Å². The quantitative estimate of drug-likeness (QED) is 0.644. The molecular weight excluding hydrogens is 164 g/mol. The van der Waals surface area contributed by atoms with Crippen molar-refractivity contribution in [3.05, 3.63) is 0 Å². The fourth-order valence-corrected chi connectivity index (χ4v) is 1.45. The predicted molar refractivity (Wildman–Crippen MR) is 56.6 cm³/mol. The molecule has 0 aliphatic heterocycles. The lowest BCUT2D eigenvalue weighted by Gasteiger charge is -2.27. The van der Waals surface area contributed by atoms with Gasteiger partial charge in [0, 0.05) is 19.1 Å². The molecule has 2 atom stereocenters. The van der Waals surface area contributed by atoms with Crippen LogP contribution in [0.4, 0.5) is 0 Å². The van der Waals surface area contributed by atoms with Gasteiger partial charge in [-0.25, -0.2) is 0 Å². The van der Waals surface area contributed by atoms with E-state index >= 15 is 0 Å². The Kier molecular flexibility index (Phi) is 6.29. The highest BCUT2D eigenvalue weighted by molar-refractivity contribution is 4.69. The van der Waals surface area contributed by atoms with Gasteiger partial charge in [0.05, 0.1) is 6.10 Å². The number of nitrogens with two attached hydrogens (primary N) is 1. The predicted octanol–water partition coefficient (Wildman–Crippen LogP) is 0.672. The second kappa shape index (κ2) is 6.35. The molecule has 0 heterocycles. The average molecular weight is 188 g/mol. The summed E-state index contributed by atoms with van der Waals surface area (Å²) >= 11 is 0. The first kappa shape index (κ1) is 12.9. The average Bonchev–Trinajstić information content (AvgIpc) is 2.02. The summed E-state index contributed by atoms with van der Waals surface area (Å²) < 4.78 is 0. The molecule has 0 spiro atoms. The molecule has 80 valence electrons. The molecule has 0 amide bonds. The maximum atomic E-state index is 9.34. The van der Waals surface area contributed by atoms with Gasteiger partial charge in [0.15, 0.2) is 0 Å². The Labute approximate surface area is 81.9 Å². The van der Waals surface area contributed by atoms with Crippen molar-refractivity contribution in [2.75, 3.05) is 20.1 Å². The van der Waals surface area contributed by atoms with E-state index < -0.39 is 0 Å². The van der Waals surface area contributed by atoms with E-state index in [2.05, 4.69) is 25.7 Å². The number of rotatable bonds is 6. The van der Waals surface area contributed by atoms with Crippen LogP contribution in [0.25, 0.3) is 0 Å². The molecule has 0 aliphatic rings. The molecular formula is C10H24N2O. The zero-order valence-electron chi connectivity index (χ0n) is 9.33. The molecule has 0 aromatic heterocycles. The van der Waals surface area contributed by atoms with E-state index in [-0.39, 0.29) is 6.10 Å². The van der Waals surface area contributed by atoms with E-state index in [1.165, 1.54) is 0 Å². The molecule has 13 heavy (non-hydrogen) atoms. The Morgan fingerprint density at radius 2 is 1.85 bits per heavy atom. The third-order valence-electron chi connectivity index (χ3n) is 2.34. The molecule has 0 rings (SSSR count). The molecule has 3 nitrogen and oxygen atoms in total. The van der Waals surface area contributed by atoms with Gasteiger partial charge in [-0.05, 0) is 26.3 Å². The number of aliphatic hydroxyl groups excluding tert-OH is 1. The van der Waals surface area contributed by atoms with Crippen molar-refractivity contribution in [2.45, 2.75) is 39.3 Å². The van der Waals surface area contributed by atoms with Gasteiger partial charge in [0.2, 0.25) is 0 Å². The summed E-state index contributed by atoms with van der Waals surface area (Å²) in [5.41, 5.74) is 5.35. The molecule has 0 saturated heterocycles. The fraction of sp³-hybridized carbons (Fsp3) is 1.00. The van der Waals surface area contributed by atoms with Crippen molar-refractivity contribution in [3.63, 3.8) is 0 Å². The minimum atomic E-state index is -0.389.